The summed E-state index contributed by atoms with van der Waals surface area (Å²) in [5, 5.41) is 12.5. The first-order valence-corrected chi connectivity index (χ1v) is 6.79. The van der Waals surface area contributed by atoms with Gasteiger partial charge in [0.05, 0.1) is 4.47 Å². The molecule has 0 aromatic carbocycles. The Kier molecular flexibility index (Phi) is 5.23. The molecular weight excluding hydrogens is 308 g/mol. The van der Waals surface area contributed by atoms with Gasteiger partial charge in [-0.05, 0) is 34.5 Å². The van der Waals surface area contributed by atoms with Gasteiger partial charge >= 0.3 is 0 Å². The van der Waals surface area contributed by atoms with E-state index in [1.54, 1.807) is 18.6 Å². The first-order chi connectivity index (χ1) is 9.28. The number of rotatable bonds is 6. The summed E-state index contributed by atoms with van der Waals surface area (Å²) in [5.74, 6) is 0.643. The zero-order valence-corrected chi connectivity index (χ0v) is 11.9. The topological polar surface area (TPSA) is 70.9 Å². The molecule has 0 fully saturated rings. The normalized spacial score (nSPS) is 12.1. The maximum atomic E-state index is 9.39. The summed E-state index contributed by atoms with van der Waals surface area (Å²) in [6.45, 7) is 0.703. The third kappa shape index (κ3) is 4.57. The van der Waals surface area contributed by atoms with Gasteiger partial charge in [-0.2, -0.15) is 0 Å². The van der Waals surface area contributed by atoms with Crippen LogP contribution in [0.3, 0.4) is 0 Å². The van der Waals surface area contributed by atoms with Crippen molar-refractivity contribution in [3.63, 3.8) is 0 Å². The lowest BCUT2D eigenvalue weighted by molar-refractivity contribution is 0.231. The number of halogens is 1. The number of pyridine rings is 1. The average Bonchev–Trinajstić information content (AvgIpc) is 2.46. The molecule has 100 valence electrons. The number of aromatic nitrogens is 3. The van der Waals surface area contributed by atoms with Gasteiger partial charge in [-0.1, -0.05) is 6.07 Å². The van der Waals surface area contributed by atoms with Crippen molar-refractivity contribution in [2.75, 3.05) is 18.5 Å². The molecular formula is C13H15BrN4O. The van der Waals surface area contributed by atoms with Crippen LogP contribution in [0.25, 0.3) is 0 Å². The van der Waals surface area contributed by atoms with Crippen LogP contribution >= 0.6 is 15.9 Å². The number of nitrogens with zero attached hydrogens (tertiary/aromatic N) is 3. The molecule has 5 nitrogen and oxygen atoms in total. The van der Waals surface area contributed by atoms with E-state index in [1.807, 2.05) is 18.2 Å². The van der Waals surface area contributed by atoms with E-state index in [-0.39, 0.29) is 12.5 Å². The minimum absolute atomic E-state index is 0.0853. The SMILES string of the molecule is OC[C@@H](CNc1ncc(Br)cn1)Cc1ccccn1. The number of anilines is 1. The summed E-state index contributed by atoms with van der Waals surface area (Å²) >= 11 is 3.28. The molecule has 2 heterocycles. The summed E-state index contributed by atoms with van der Waals surface area (Å²) in [6.07, 6.45) is 5.85. The van der Waals surface area contributed by atoms with E-state index in [9.17, 15) is 5.11 Å². The molecule has 2 aromatic heterocycles. The molecule has 2 rings (SSSR count). The van der Waals surface area contributed by atoms with Crippen molar-refractivity contribution >= 4 is 21.9 Å². The van der Waals surface area contributed by atoms with E-state index < -0.39 is 0 Å². The first-order valence-electron chi connectivity index (χ1n) is 6.00. The van der Waals surface area contributed by atoms with Crippen LogP contribution in [0.15, 0.2) is 41.3 Å². The fourth-order valence-corrected chi connectivity index (χ4v) is 1.86. The number of aliphatic hydroxyl groups excluding tert-OH is 1. The molecule has 0 bridgehead atoms. The molecule has 2 aromatic rings. The van der Waals surface area contributed by atoms with E-state index in [0.29, 0.717) is 12.5 Å². The second-order valence-electron chi connectivity index (χ2n) is 4.18. The van der Waals surface area contributed by atoms with Crippen molar-refractivity contribution in [1.29, 1.82) is 0 Å². The minimum Gasteiger partial charge on any atom is -0.396 e. The monoisotopic (exact) mass is 322 g/mol. The highest BCUT2D eigenvalue weighted by Gasteiger charge is 2.09. The van der Waals surface area contributed by atoms with Gasteiger partial charge in [0.25, 0.3) is 0 Å². The second kappa shape index (κ2) is 7.16. The van der Waals surface area contributed by atoms with Gasteiger partial charge < -0.3 is 10.4 Å². The van der Waals surface area contributed by atoms with Crippen molar-refractivity contribution in [3.8, 4) is 0 Å². The smallest absolute Gasteiger partial charge is 0.222 e. The Labute approximate surface area is 120 Å². The highest BCUT2D eigenvalue weighted by Crippen LogP contribution is 2.09. The molecule has 0 radical (unpaired) electrons. The Hall–Kier alpha value is -1.53. The van der Waals surface area contributed by atoms with E-state index in [0.717, 1.165) is 16.6 Å². The van der Waals surface area contributed by atoms with Crippen LogP contribution in [-0.4, -0.2) is 33.2 Å². The number of hydrogen-bond acceptors (Lipinski definition) is 5. The Morgan fingerprint density at radius 3 is 2.63 bits per heavy atom. The van der Waals surface area contributed by atoms with Crippen molar-refractivity contribution in [2.45, 2.75) is 6.42 Å². The van der Waals surface area contributed by atoms with E-state index in [1.165, 1.54) is 0 Å². The van der Waals surface area contributed by atoms with Crippen LogP contribution in [-0.2, 0) is 6.42 Å². The predicted molar refractivity (Wildman–Crippen MR) is 76.7 cm³/mol. The molecule has 0 saturated carbocycles. The second-order valence-corrected chi connectivity index (χ2v) is 5.10. The van der Waals surface area contributed by atoms with Crippen LogP contribution in [0.1, 0.15) is 5.69 Å². The van der Waals surface area contributed by atoms with Gasteiger partial charge in [-0.15, -0.1) is 0 Å². The molecule has 0 spiro atoms. The number of nitrogens with one attached hydrogen (secondary N) is 1. The van der Waals surface area contributed by atoms with E-state index >= 15 is 0 Å². The molecule has 0 aliphatic rings. The van der Waals surface area contributed by atoms with Crippen LogP contribution in [0, 0.1) is 5.92 Å². The van der Waals surface area contributed by atoms with Gasteiger partial charge in [0.1, 0.15) is 0 Å². The van der Waals surface area contributed by atoms with E-state index in [2.05, 4.69) is 36.2 Å². The maximum absolute atomic E-state index is 9.39. The van der Waals surface area contributed by atoms with Crippen molar-refractivity contribution in [2.24, 2.45) is 5.92 Å². The highest BCUT2D eigenvalue weighted by molar-refractivity contribution is 9.10. The Morgan fingerprint density at radius 1 is 1.21 bits per heavy atom. The van der Waals surface area contributed by atoms with Gasteiger partial charge in [-0.25, -0.2) is 9.97 Å². The summed E-state index contributed by atoms with van der Waals surface area (Å²) in [5.41, 5.74) is 0.972. The molecule has 19 heavy (non-hydrogen) atoms. The van der Waals surface area contributed by atoms with Crippen LogP contribution in [0.4, 0.5) is 5.95 Å². The summed E-state index contributed by atoms with van der Waals surface area (Å²) < 4.78 is 0.838. The lowest BCUT2D eigenvalue weighted by atomic mass is 10.0. The van der Waals surface area contributed by atoms with Gasteiger partial charge in [-0.3, -0.25) is 4.98 Å². The molecule has 6 heteroatoms. The van der Waals surface area contributed by atoms with E-state index in [4.69, 9.17) is 0 Å². The fourth-order valence-electron chi connectivity index (χ4n) is 1.66. The number of aliphatic hydroxyl groups is 1. The Balaban J connectivity index is 1.87. The molecule has 0 amide bonds. The zero-order chi connectivity index (χ0) is 13.5. The van der Waals surface area contributed by atoms with Crippen LogP contribution < -0.4 is 5.32 Å². The fraction of sp³-hybridized carbons (Fsp3) is 0.308. The molecule has 0 saturated heterocycles. The van der Waals surface area contributed by atoms with Crippen molar-refractivity contribution in [1.82, 2.24) is 15.0 Å². The maximum Gasteiger partial charge on any atom is 0.222 e. The largest absolute Gasteiger partial charge is 0.396 e. The average molecular weight is 323 g/mol. The molecule has 0 aliphatic carbocycles. The Bertz CT molecular complexity index is 492. The lowest BCUT2D eigenvalue weighted by Crippen LogP contribution is -2.21. The Morgan fingerprint density at radius 2 is 2.00 bits per heavy atom. The molecule has 2 N–H and O–H groups in total. The zero-order valence-electron chi connectivity index (χ0n) is 10.3. The molecule has 1 atom stereocenters. The summed E-state index contributed by atoms with van der Waals surface area (Å²) in [7, 11) is 0. The first kappa shape index (κ1) is 13.9. The van der Waals surface area contributed by atoms with Gasteiger partial charge in [0, 0.05) is 43.4 Å². The van der Waals surface area contributed by atoms with Gasteiger partial charge in [0.15, 0.2) is 0 Å². The predicted octanol–water partition coefficient (Wildman–Crippen LogP) is 1.90. The standard InChI is InChI=1S/C13H15BrN4O/c14-11-7-17-13(18-8-11)16-6-10(9-19)5-12-3-1-2-4-15-12/h1-4,7-8,10,19H,5-6,9H2,(H,16,17,18)/t10-/m1/s1. The highest BCUT2D eigenvalue weighted by atomic mass is 79.9. The third-order valence-electron chi connectivity index (χ3n) is 2.65. The summed E-state index contributed by atoms with van der Waals surface area (Å²) in [4.78, 5) is 12.5. The third-order valence-corrected chi connectivity index (χ3v) is 3.06. The minimum atomic E-state index is 0.0853. The van der Waals surface area contributed by atoms with Crippen LogP contribution in [0.2, 0.25) is 0 Å². The van der Waals surface area contributed by atoms with Crippen LogP contribution in [0.5, 0.6) is 0 Å². The summed E-state index contributed by atoms with van der Waals surface area (Å²) in [6, 6.07) is 5.78. The number of hydrogen-bond donors (Lipinski definition) is 2. The quantitative estimate of drug-likeness (QED) is 0.850. The molecule has 0 unspecified atom stereocenters. The van der Waals surface area contributed by atoms with Crippen molar-refractivity contribution in [3.05, 3.63) is 47.0 Å². The lowest BCUT2D eigenvalue weighted by Gasteiger charge is -2.14. The van der Waals surface area contributed by atoms with Gasteiger partial charge in [0.2, 0.25) is 5.95 Å². The molecule has 0 aliphatic heterocycles. The van der Waals surface area contributed by atoms with Crippen molar-refractivity contribution < 1.29 is 5.11 Å².